The molecule has 0 aliphatic rings. The highest BCUT2D eigenvalue weighted by Gasteiger charge is 2.19. The number of carbonyl (C=O) groups excluding carboxylic acids is 2. The maximum atomic E-state index is 12.9. The number of likely N-dealkylation sites (N-methyl/N-ethyl adjacent to an activating group) is 1. The van der Waals surface area contributed by atoms with Crippen molar-refractivity contribution in [1.29, 1.82) is 5.41 Å². The van der Waals surface area contributed by atoms with Crippen LogP contribution in [0.2, 0.25) is 0 Å². The second-order valence-electron chi connectivity index (χ2n) is 8.11. The first-order chi connectivity index (χ1) is 17.4. The Kier molecular flexibility index (Phi) is 7.92. The van der Waals surface area contributed by atoms with E-state index in [1.54, 1.807) is 32.3 Å². The van der Waals surface area contributed by atoms with Crippen LogP contribution in [0.4, 0.5) is 0 Å². The Morgan fingerprint density at radius 3 is 2.22 bits per heavy atom. The zero-order valence-corrected chi connectivity index (χ0v) is 20.3. The summed E-state index contributed by atoms with van der Waals surface area (Å²) in [5.41, 5.74) is 6.14. The van der Waals surface area contributed by atoms with Crippen molar-refractivity contribution in [3.05, 3.63) is 71.3 Å². The first-order valence-electron chi connectivity index (χ1n) is 10.8. The van der Waals surface area contributed by atoms with E-state index in [1.165, 1.54) is 48.3 Å². The second-order valence-corrected chi connectivity index (χ2v) is 8.11. The molecule has 12 heteroatoms. The summed E-state index contributed by atoms with van der Waals surface area (Å²) >= 11 is 0. The van der Waals surface area contributed by atoms with Crippen molar-refractivity contribution in [3.8, 4) is 29.0 Å². The zero-order valence-electron chi connectivity index (χ0n) is 20.3. The predicted octanol–water partition coefficient (Wildman–Crippen LogP) is 2.51. The van der Waals surface area contributed by atoms with Gasteiger partial charge in [0.15, 0.2) is 11.5 Å². The number of carboxylic acids is 1. The molecule has 3 aromatic rings. The molecule has 0 saturated heterocycles. The monoisotopic (exact) mass is 507 g/mol. The summed E-state index contributed by atoms with van der Waals surface area (Å²) in [6, 6.07) is 12.9. The molecule has 0 unspecified atom stereocenters. The summed E-state index contributed by atoms with van der Waals surface area (Å²) in [6.07, 6.45) is 0. The van der Waals surface area contributed by atoms with Gasteiger partial charge >= 0.3 is 5.97 Å². The Balaban J connectivity index is 2.02. The second kappa shape index (κ2) is 11.1. The van der Waals surface area contributed by atoms with Crippen LogP contribution in [-0.4, -0.2) is 76.3 Å². The molecular weight excluding hydrogens is 482 g/mol. The summed E-state index contributed by atoms with van der Waals surface area (Å²) < 4.78 is 11.5. The minimum atomic E-state index is -1.20. The summed E-state index contributed by atoms with van der Waals surface area (Å²) in [6.45, 7) is -0.552. The molecule has 1 aromatic heterocycles. The van der Waals surface area contributed by atoms with Gasteiger partial charge in [0.05, 0.1) is 5.56 Å². The normalized spacial score (nSPS) is 10.4. The largest absolute Gasteiger partial charge is 0.504 e. The first kappa shape index (κ1) is 26.5. The standard InChI is InChI=1S/C25H25N5O7/c1-29(2)24(34)15-5-4-6-17(9-15)36-20-11-16(25(35)30(3)13-22(32)33)12-21(28-20)37-19-10-14(23(26)27)7-8-18(19)31/h4-12,31H,13H2,1-3H3,(H3,26,27)(H,32,33). The lowest BCUT2D eigenvalue weighted by Crippen LogP contribution is -2.32. The Hall–Kier alpha value is -5.13. The molecule has 0 aliphatic heterocycles. The number of nitrogen functional groups attached to an aromatic ring is 1. The van der Waals surface area contributed by atoms with Crippen LogP contribution >= 0.6 is 0 Å². The minimum absolute atomic E-state index is 0.00788. The van der Waals surface area contributed by atoms with Gasteiger partial charge in [0.2, 0.25) is 11.8 Å². The van der Waals surface area contributed by atoms with Gasteiger partial charge < -0.3 is 35.2 Å². The molecule has 0 radical (unpaired) electrons. The van der Waals surface area contributed by atoms with Crippen molar-refractivity contribution in [2.75, 3.05) is 27.7 Å². The molecule has 5 N–H and O–H groups in total. The fourth-order valence-electron chi connectivity index (χ4n) is 3.15. The number of aromatic hydroxyl groups is 1. The fourth-order valence-corrected chi connectivity index (χ4v) is 3.15. The molecule has 0 spiro atoms. The van der Waals surface area contributed by atoms with Crippen LogP contribution in [0.5, 0.6) is 29.0 Å². The van der Waals surface area contributed by atoms with Crippen molar-refractivity contribution in [1.82, 2.24) is 14.8 Å². The Labute approximate surface area is 212 Å². The van der Waals surface area contributed by atoms with Gasteiger partial charge in [-0.3, -0.25) is 19.8 Å². The third-order valence-corrected chi connectivity index (χ3v) is 4.94. The molecule has 37 heavy (non-hydrogen) atoms. The lowest BCUT2D eigenvalue weighted by atomic mass is 10.2. The number of benzene rings is 2. The van der Waals surface area contributed by atoms with E-state index < -0.39 is 18.4 Å². The van der Waals surface area contributed by atoms with E-state index in [2.05, 4.69) is 4.98 Å². The quantitative estimate of drug-likeness (QED) is 0.250. The number of hydrogen-bond donors (Lipinski definition) is 4. The number of aliphatic carboxylic acids is 1. The molecule has 3 rings (SSSR count). The van der Waals surface area contributed by atoms with Gasteiger partial charge in [-0.25, -0.2) is 0 Å². The van der Waals surface area contributed by atoms with E-state index in [0.717, 1.165) is 4.90 Å². The summed E-state index contributed by atoms with van der Waals surface area (Å²) in [7, 11) is 4.54. The number of carboxylic acid groups (broad SMARTS) is 1. The van der Waals surface area contributed by atoms with Crippen LogP contribution in [-0.2, 0) is 4.79 Å². The van der Waals surface area contributed by atoms with Crippen molar-refractivity contribution >= 4 is 23.6 Å². The minimum Gasteiger partial charge on any atom is -0.504 e. The Morgan fingerprint density at radius 1 is 0.919 bits per heavy atom. The van der Waals surface area contributed by atoms with E-state index in [-0.39, 0.29) is 51.9 Å². The van der Waals surface area contributed by atoms with Gasteiger partial charge in [0, 0.05) is 44.4 Å². The van der Waals surface area contributed by atoms with E-state index in [4.69, 9.17) is 25.7 Å². The number of phenolic OH excluding ortho intramolecular Hbond substituents is 1. The van der Waals surface area contributed by atoms with Crippen molar-refractivity contribution in [2.24, 2.45) is 5.73 Å². The molecule has 2 aromatic carbocycles. The number of nitrogens with two attached hydrogens (primary N) is 1. The van der Waals surface area contributed by atoms with Crippen LogP contribution < -0.4 is 15.2 Å². The molecule has 0 fully saturated rings. The van der Waals surface area contributed by atoms with Crippen LogP contribution in [0.15, 0.2) is 54.6 Å². The molecule has 0 atom stereocenters. The molecule has 12 nitrogen and oxygen atoms in total. The number of pyridine rings is 1. The number of carbonyl (C=O) groups is 3. The smallest absolute Gasteiger partial charge is 0.323 e. The number of amidine groups is 1. The zero-order chi connectivity index (χ0) is 27.3. The number of ether oxygens (including phenoxy) is 2. The fraction of sp³-hybridized carbons (Fsp3) is 0.160. The third-order valence-electron chi connectivity index (χ3n) is 4.94. The van der Waals surface area contributed by atoms with E-state index in [0.29, 0.717) is 5.56 Å². The summed E-state index contributed by atoms with van der Waals surface area (Å²) in [4.78, 5) is 42.9. The third kappa shape index (κ3) is 6.72. The lowest BCUT2D eigenvalue weighted by Gasteiger charge is -2.17. The van der Waals surface area contributed by atoms with Crippen molar-refractivity contribution in [2.45, 2.75) is 0 Å². The SMILES string of the molecule is CN(C)C(=O)c1cccc(Oc2cc(C(=O)N(C)CC(=O)O)cc(Oc3cc(C(=N)N)ccc3O)n2)c1. The molecule has 0 bridgehead atoms. The van der Waals surface area contributed by atoms with Gasteiger partial charge in [-0.15, -0.1) is 0 Å². The molecule has 0 saturated carbocycles. The summed E-state index contributed by atoms with van der Waals surface area (Å²) in [5, 5.41) is 26.8. The molecule has 192 valence electrons. The van der Waals surface area contributed by atoms with Crippen LogP contribution in [0, 0.1) is 5.41 Å². The average molecular weight is 508 g/mol. The number of nitrogens with zero attached hydrogens (tertiary/aromatic N) is 3. The Bertz CT molecular complexity index is 1370. The van der Waals surface area contributed by atoms with Crippen LogP contribution in [0.3, 0.4) is 0 Å². The van der Waals surface area contributed by atoms with Gasteiger partial charge in [0.1, 0.15) is 18.1 Å². The lowest BCUT2D eigenvalue weighted by molar-refractivity contribution is -0.137. The molecule has 2 amide bonds. The van der Waals surface area contributed by atoms with E-state index in [1.807, 2.05) is 0 Å². The maximum absolute atomic E-state index is 12.9. The molecule has 1 heterocycles. The number of rotatable bonds is 9. The number of aromatic nitrogens is 1. The number of nitrogens with one attached hydrogen (secondary N) is 1. The van der Waals surface area contributed by atoms with Gasteiger partial charge in [-0.2, -0.15) is 4.98 Å². The first-order valence-corrected chi connectivity index (χ1v) is 10.8. The highest BCUT2D eigenvalue weighted by Crippen LogP contribution is 2.33. The molecular formula is C25H25N5O7. The van der Waals surface area contributed by atoms with Crippen molar-refractivity contribution < 1.29 is 34.1 Å². The Morgan fingerprint density at radius 2 is 1.59 bits per heavy atom. The topological polar surface area (TPSA) is 179 Å². The molecule has 0 aliphatic carbocycles. The predicted molar refractivity (Wildman–Crippen MR) is 133 cm³/mol. The van der Waals surface area contributed by atoms with Gasteiger partial charge in [-0.05, 0) is 36.4 Å². The van der Waals surface area contributed by atoms with Crippen molar-refractivity contribution in [3.63, 3.8) is 0 Å². The maximum Gasteiger partial charge on any atom is 0.323 e. The van der Waals surface area contributed by atoms with Gasteiger partial charge in [-0.1, -0.05) is 6.07 Å². The summed E-state index contributed by atoms with van der Waals surface area (Å²) in [5.74, 6) is -2.74. The van der Waals surface area contributed by atoms with Gasteiger partial charge in [0.25, 0.3) is 11.8 Å². The highest BCUT2D eigenvalue weighted by atomic mass is 16.5. The number of hydrogen-bond acceptors (Lipinski definition) is 8. The van der Waals surface area contributed by atoms with E-state index in [9.17, 15) is 19.5 Å². The van der Waals surface area contributed by atoms with E-state index >= 15 is 0 Å². The number of phenols is 1. The highest BCUT2D eigenvalue weighted by molar-refractivity contribution is 5.97. The van der Waals surface area contributed by atoms with Crippen LogP contribution in [0.1, 0.15) is 26.3 Å². The number of amides is 2. The van der Waals surface area contributed by atoms with Crippen LogP contribution in [0.25, 0.3) is 0 Å². The average Bonchev–Trinajstić information content (AvgIpc) is 2.83.